The SMILES string of the molecule is Cc1nc(C2CC2)oc1C(=O)N(Cc1ccccc1)[C@@H](C)C(=O)O. The van der Waals surface area contributed by atoms with E-state index < -0.39 is 17.9 Å². The lowest BCUT2D eigenvalue weighted by Crippen LogP contribution is -2.42. The standard InChI is InChI=1S/C18H20N2O4/c1-11-15(24-16(19-11)14-8-9-14)17(21)20(12(2)18(22)23)10-13-6-4-3-5-7-13/h3-7,12,14H,8-10H2,1-2H3,(H,22,23)/t12-/m0/s1. The summed E-state index contributed by atoms with van der Waals surface area (Å²) in [5, 5.41) is 9.36. The molecule has 0 spiro atoms. The molecule has 3 rings (SSSR count). The maximum atomic E-state index is 12.9. The molecule has 1 amide bonds. The van der Waals surface area contributed by atoms with Crippen molar-refractivity contribution in [1.82, 2.24) is 9.88 Å². The zero-order chi connectivity index (χ0) is 17.3. The first-order valence-corrected chi connectivity index (χ1v) is 8.02. The van der Waals surface area contributed by atoms with E-state index >= 15 is 0 Å². The van der Waals surface area contributed by atoms with Crippen LogP contribution in [0.4, 0.5) is 0 Å². The molecular weight excluding hydrogens is 308 g/mol. The molecule has 1 atom stereocenters. The van der Waals surface area contributed by atoms with Crippen molar-refractivity contribution >= 4 is 11.9 Å². The number of carbonyl (C=O) groups is 2. The van der Waals surface area contributed by atoms with Gasteiger partial charge in [-0.05, 0) is 32.3 Å². The lowest BCUT2D eigenvalue weighted by atomic mass is 10.1. The summed E-state index contributed by atoms with van der Waals surface area (Å²) in [6.45, 7) is 3.41. The van der Waals surface area contributed by atoms with Gasteiger partial charge in [0.25, 0.3) is 5.91 Å². The second kappa shape index (κ2) is 6.47. The molecule has 0 bridgehead atoms. The van der Waals surface area contributed by atoms with Gasteiger partial charge in [0, 0.05) is 12.5 Å². The molecule has 0 aliphatic heterocycles. The minimum atomic E-state index is -1.06. The molecule has 0 unspecified atom stereocenters. The van der Waals surface area contributed by atoms with Crippen LogP contribution in [0.2, 0.25) is 0 Å². The van der Waals surface area contributed by atoms with Gasteiger partial charge in [-0.25, -0.2) is 9.78 Å². The largest absolute Gasteiger partial charge is 0.480 e. The third kappa shape index (κ3) is 3.32. The number of carboxylic acids is 1. The Morgan fingerprint density at radius 3 is 2.58 bits per heavy atom. The predicted octanol–water partition coefficient (Wildman–Crippen LogP) is 2.98. The van der Waals surface area contributed by atoms with Crippen molar-refractivity contribution in [3.63, 3.8) is 0 Å². The number of benzene rings is 1. The highest BCUT2D eigenvalue weighted by molar-refractivity contribution is 5.95. The summed E-state index contributed by atoms with van der Waals surface area (Å²) in [4.78, 5) is 30.0. The van der Waals surface area contributed by atoms with Gasteiger partial charge < -0.3 is 14.4 Å². The van der Waals surface area contributed by atoms with Crippen molar-refractivity contribution in [2.75, 3.05) is 0 Å². The summed E-state index contributed by atoms with van der Waals surface area (Å²) in [5.41, 5.74) is 1.37. The normalized spacial score (nSPS) is 15.1. The Morgan fingerprint density at radius 2 is 2.00 bits per heavy atom. The van der Waals surface area contributed by atoms with Gasteiger partial charge in [-0.2, -0.15) is 0 Å². The fraction of sp³-hybridized carbons (Fsp3) is 0.389. The summed E-state index contributed by atoms with van der Waals surface area (Å²) >= 11 is 0. The molecule has 0 radical (unpaired) electrons. The van der Waals surface area contributed by atoms with Crippen molar-refractivity contribution in [2.24, 2.45) is 0 Å². The molecule has 1 N–H and O–H groups in total. The predicted molar refractivity (Wildman–Crippen MR) is 86.6 cm³/mol. The number of rotatable bonds is 6. The van der Waals surface area contributed by atoms with E-state index in [1.807, 2.05) is 30.3 Å². The monoisotopic (exact) mass is 328 g/mol. The number of aliphatic carboxylic acids is 1. The van der Waals surface area contributed by atoms with Crippen molar-refractivity contribution < 1.29 is 19.1 Å². The van der Waals surface area contributed by atoms with Crippen LogP contribution < -0.4 is 0 Å². The van der Waals surface area contributed by atoms with Gasteiger partial charge in [-0.15, -0.1) is 0 Å². The van der Waals surface area contributed by atoms with Crippen molar-refractivity contribution in [3.8, 4) is 0 Å². The van der Waals surface area contributed by atoms with Gasteiger partial charge in [0.2, 0.25) is 5.76 Å². The van der Waals surface area contributed by atoms with Gasteiger partial charge >= 0.3 is 5.97 Å². The summed E-state index contributed by atoms with van der Waals surface area (Å²) < 4.78 is 5.65. The Morgan fingerprint density at radius 1 is 1.33 bits per heavy atom. The molecule has 6 nitrogen and oxygen atoms in total. The quantitative estimate of drug-likeness (QED) is 0.881. The van der Waals surface area contributed by atoms with Crippen LogP contribution in [0.1, 0.15) is 53.4 Å². The second-order valence-corrected chi connectivity index (χ2v) is 6.17. The molecule has 1 aliphatic rings. The van der Waals surface area contributed by atoms with Crippen molar-refractivity contribution in [1.29, 1.82) is 0 Å². The smallest absolute Gasteiger partial charge is 0.326 e. The maximum absolute atomic E-state index is 12.9. The van der Waals surface area contributed by atoms with E-state index in [0.29, 0.717) is 17.5 Å². The Labute approximate surface area is 140 Å². The fourth-order valence-electron chi connectivity index (χ4n) is 2.55. The summed E-state index contributed by atoms with van der Waals surface area (Å²) in [6.07, 6.45) is 2.04. The summed E-state index contributed by atoms with van der Waals surface area (Å²) in [7, 11) is 0. The van der Waals surface area contributed by atoms with E-state index in [1.165, 1.54) is 11.8 Å². The zero-order valence-corrected chi connectivity index (χ0v) is 13.7. The molecule has 6 heteroatoms. The molecule has 1 saturated carbocycles. The van der Waals surface area contributed by atoms with E-state index in [2.05, 4.69) is 4.98 Å². The van der Waals surface area contributed by atoms with E-state index in [0.717, 1.165) is 18.4 Å². The van der Waals surface area contributed by atoms with E-state index in [9.17, 15) is 14.7 Å². The number of aromatic nitrogens is 1. The highest BCUT2D eigenvalue weighted by Gasteiger charge is 2.34. The highest BCUT2D eigenvalue weighted by Crippen LogP contribution is 2.40. The van der Waals surface area contributed by atoms with Crippen LogP contribution in [-0.4, -0.2) is 32.9 Å². The molecule has 0 saturated heterocycles. The first kappa shape index (κ1) is 16.2. The maximum Gasteiger partial charge on any atom is 0.326 e. The lowest BCUT2D eigenvalue weighted by Gasteiger charge is -2.25. The van der Waals surface area contributed by atoms with Crippen LogP contribution in [-0.2, 0) is 11.3 Å². The number of aryl methyl sites for hydroxylation is 1. The molecule has 1 aliphatic carbocycles. The molecule has 1 aromatic heterocycles. The van der Waals surface area contributed by atoms with E-state index in [4.69, 9.17) is 4.42 Å². The second-order valence-electron chi connectivity index (χ2n) is 6.17. The number of oxazole rings is 1. The first-order chi connectivity index (χ1) is 11.5. The Hall–Kier alpha value is -2.63. The molecular formula is C18H20N2O4. The van der Waals surface area contributed by atoms with Gasteiger partial charge in [0.1, 0.15) is 6.04 Å². The molecule has 126 valence electrons. The summed E-state index contributed by atoms with van der Waals surface area (Å²) in [6, 6.07) is 8.34. The topological polar surface area (TPSA) is 83.6 Å². The number of amides is 1. The van der Waals surface area contributed by atoms with Crippen LogP contribution in [0.25, 0.3) is 0 Å². The average molecular weight is 328 g/mol. The van der Waals surface area contributed by atoms with E-state index in [1.54, 1.807) is 6.92 Å². The number of carboxylic acid groups (broad SMARTS) is 1. The Balaban J connectivity index is 1.89. The third-order valence-corrected chi connectivity index (χ3v) is 4.22. The number of hydrogen-bond donors (Lipinski definition) is 1. The van der Waals surface area contributed by atoms with Gasteiger partial charge in [-0.3, -0.25) is 4.79 Å². The van der Waals surface area contributed by atoms with E-state index in [-0.39, 0.29) is 12.3 Å². The van der Waals surface area contributed by atoms with Gasteiger partial charge in [0.15, 0.2) is 5.89 Å². The minimum Gasteiger partial charge on any atom is -0.480 e. The highest BCUT2D eigenvalue weighted by atomic mass is 16.4. The number of carbonyl (C=O) groups excluding carboxylic acids is 1. The van der Waals surface area contributed by atoms with Gasteiger partial charge in [-0.1, -0.05) is 30.3 Å². The molecule has 2 aromatic rings. The molecule has 1 heterocycles. The average Bonchev–Trinajstić information content (AvgIpc) is 3.35. The van der Waals surface area contributed by atoms with Crippen LogP contribution >= 0.6 is 0 Å². The van der Waals surface area contributed by atoms with Gasteiger partial charge in [0.05, 0.1) is 5.69 Å². The van der Waals surface area contributed by atoms with Crippen molar-refractivity contribution in [2.45, 2.75) is 45.2 Å². The lowest BCUT2D eigenvalue weighted by molar-refractivity contribution is -0.141. The van der Waals surface area contributed by atoms with Crippen LogP contribution in [0.15, 0.2) is 34.7 Å². The van der Waals surface area contributed by atoms with Crippen LogP contribution in [0.5, 0.6) is 0 Å². The van der Waals surface area contributed by atoms with Crippen molar-refractivity contribution in [3.05, 3.63) is 53.2 Å². The zero-order valence-electron chi connectivity index (χ0n) is 13.7. The first-order valence-electron chi connectivity index (χ1n) is 8.02. The summed E-state index contributed by atoms with van der Waals surface area (Å²) in [5.74, 6) is -0.478. The minimum absolute atomic E-state index is 0.140. The molecule has 1 aromatic carbocycles. The Kier molecular flexibility index (Phi) is 4.38. The van der Waals surface area contributed by atoms with Crippen LogP contribution in [0.3, 0.4) is 0 Å². The molecule has 1 fully saturated rings. The third-order valence-electron chi connectivity index (χ3n) is 4.22. The Bertz CT molecular complexity index is 750. The number of nitrogens with zero attached hydrogens (tertiary/aromatic N) is 2. The van der Waals surface area contributed by atoms with Crippen LogP contribution in [0, 0.1) is 6.92 Å². The molecule has 24 heavy (non-hydrogen) atoms. The fourth-order valence-corrected chi connectivity index (χ4v) is 2.55. The number of hydrogen-bond acceptors (Lipinski definition) is 4.